The van der Waals surface area contributed by atoms with Crippen LogP contribution in [0.5, 0.6) is 0 Å². The first kappa shape index (κ1) is 17.1. The lowest BCUT2D eigenvalue weighted by atomic mass is 9.81. The van der Waals surface area contributed by atoms with Crippen molar-refractivity contribution in [3.05, 3.63) is 30.1 Å². The summed E-state index contributed by atoms with van der Waals surface area (Å²) in [5, 5.41) is 10.3. The average Bonchev–Trinajstić information content (AvgIpc) is 3.01. The number of pyridine rings is 1. The summed E-state index contributed by atoms with van der Waals surface area (Å²) in [6.07, 6.45) is 6.92. The topological polar surface area (TPSA) is 52.1 Å². The molecule has 1 N–H and O–H groups in total. The molecule has 0 unspecified atom stereocenters. The molecule has 0 aliphatic carbocycles. The van der Waals surface area contributed by atoms with E-state index in [9.17, 15) is 5.11 Å². The number of aromatic nitrogens is 1. The molecule has 0 saturated carbocycles. The Morgan fingerprint density at radius 1 is 1.15 bits per heavy atom. The van der Waals surface area contributed by atoms with Gasteiger partial charge in [0.05, 0.1) is 11.6 Å². The normalized spacial score (nSPS) is 33.3. The minimum absolute atomic E-state index is 0.160. The first-order chi connectivity index (χ1) is 12.7. The molecule has 4 aliphatic rings. The van der Waals surface area contributed by atoms with Crippen molar-refractivity contribution in [3.8, 4) is 0 Å². The molecule has 26 heavy (non-hydrogen) atoms. The molecule has 1 spiro atoms. The van der Waals surface area contributed by atoms with E-state index in [4.69, 9.17) is 4.74 Å². The second-order valence-corrected chi connectivity index (χ2v) is 8.70. The van der Waals surface area contributed by atoms with Crippen LogP contribution in [0, 0.1) is 0 Å². The summed E-state index contributed by atoms with van der Waals surface area (Å²) >= 11 is 0. The van der Waals surface area contributed by atoms with Crippen LogP contribution < -0.4 is 0 Å². The summed E-state index contributed by atoms with van der Waals surface area (Å²) < 4.78 is 5.54. The van der Waals surface area contributed by atoms with Crippen LogP contribution in [-0.4, -0.2) is 94.5 Å². The molecule has 2 atom stereocenters. The van der Waals surface area contributed by atoms with Crippen LogP contribution in [0.2, 0.25) is 0 Å². The molecule has 4 saturated heterocycles. The van der Waals surface area contributed by atoms with E-state index in [0.717, 1.165) is 58.9 Å². The summed E-state index contributed by atoms with van der Waals surface area (Å²) in [4.78, 5) is 12.2. The monoisotopic (exact) mass is 358 g/mol. The summed E-state index contributed by atoms with van der Waals surface area (Å²) in [5.41, 5.74) is 1.51. The van der Waals surface area contributed by atoms with Crippen molar-refractivity contribution in [1.29, 1.82) is 0 Å². The lowest BCUT2D eigenvalue weighted by molar-refractivity contribution is -0.137. The molecule has 1 aromatic rings. The molecule has 0 bridgehead atoms. The van der Waals surface area contributed by atoms with Gasteiger partial charge in [-0.1, -0.05) is 6.07 Å². The molecule has 6 nitrogen and oxygen atoms in total. The SMILES string of the molecule is O[C@@H]1C[C@@H]2CN(Cc3cccnc3)CC3(CN(C4CCOCC4)C3)N2C1. The van der Waals surface area contributed by atoms with Gasteiger partial charge in [0.15, 0.2) is 0 Å². The number of rotatable bonds is 3. The first-order valence-electron chi connectivity index (χ1n) is 10.1. The van der Waals surface area contributed by atoms with Crippen molar-refractivity contribution in [2.75, 3.05) is 45.9 Å². The number of piperazine rings is 1. The van der Waals surface area contributed by atoms with E-state index in [1.54, 1.807) is 0 Å². The molecule has 0 radical (unpaired) electrons. The van der Waals surface area contributed by atoms with E-state index >= 15 is 0 Å². The molecule has 1 aromatic heterocycles. The predicted octanol–water partition coefficient (Wildman–Crippen LogP) is 0.566. The van der Waals surface area contributed by atoms with E-state index in [-0.39, 0.29) is 11.6 Å². The number of aliphatic hydroxyl groups is 1. The Hall–Kier alpha value is -1.05. The number of fused-ring (bicyclic) bond motifs is 2. The van der Waals surface area contributed by atoms with Crippen LogP contribution in [0.4, 0.5) is 0 Å². The number of likely N-dealkylation sites (tertiary alicyclic amines) is 1. The van der Waals surface area contributed by atoms with Crippen LogP contribution >= 0.6 is 0 Å². The molecular weight excluding hydrogens is 328 g/mol. The van der Waals surface area contributed by atoms with Crippen molar-refractivity contribution in [2.45, 2.75) is 49.5 Å². The highest BCUT2D eigenvalue weighted by atomic mass is 16.5. The Balaban J connectivity index is 1.30. The summed E-state index contributed by atoms with van der Waals surface area (Å²) in [6.45, 7) is 8.09. The lowest BCUT2D eigenvalue weighted by Crippen LogP contribution is -2.79. The molecule has 5 rings (SSSR count). The fourth-order valence-electron chi connectivity index (χ4n) is 5.69. The van der Waals surface area contributed by atoms with Crippen molar-refractivity contribution in [2.24, 2.45) is 0 Å². The molecule has 0 aromatic carbocycles. The van der Waals surface area contributed by atoms with E-state index in [0.29, 0.717) is 12.1 Å². The van der Waals surface area contributed by atoms with Gasteiger partial charge in [-0.3, -0.25) is 19.7 Å². The molecule has 4 aliphatic heterocycles. The molecule has 5 heterocycles. The van der Waals surface area contributed by atoms with Crippen molar-refractivity contribution in [1.82, 2.24) is 19.7 Å². The second kappa shape index (κ2) is 6.84. The van der Waals surface area contributed by atoms with Gasteiger partial charge < -0.3 is 9.84 Å². The average molecular weight is 358 g/mol. The Bertz CT molecular complexity index is 615. The number of aliphatic hydroxyl groups excluding tert-OH is 1. The van der Waals surface area contributed by atoms with Gasteiger partial charge in [-0.2, -0.15) is 0 Å². The van der Waals surface area contributed by atoms with E-state index in [1.807, 2.05) is 18.5 Å². The third kappa shape index (κ3) is 3.08. The quantitative estimate of drug-likeness (QED) is 0.852. The van der Waals surface area contributed by atoms with Crippen LogP contribution in [0.25, 0.3) is 0 Å². The van der Waals surface area contributed by atoms with Gasteiger partial charge in [0.2, 0.25) is 0 Å². The molecule has 0 amide bonds. The highest BCUT2D eigenvalue weighted by molar-refractivity contribution is 5.16. The number of nitrogens with zero attached hydrogens (tertiary/aromatic N) is 4. The van der Waals surface area contributed by atoms with Gasteiger partial charge in [0, 0.05) is 77.0 Å². The maximum Gasteiger partial charge on any atom is 0.0682 e. The highest BCUT2D eigenvalue weighted by Crippen LogP contribution is 2.40. The number of ether oxygens (including phenoxy) is 1. The smallest absolute Gasteiger partial charge is 0.0682 e. The minimum Gasteiger partial charge on any atom is -0.392 e. The summed E-state index contributed by atoms with van der Waals surface area (Å²) in [7, 11) is 0. The molecular formula is C20H30N4O2. The largest absolute Gasteiger partial charge is 0.392 e. The van der Waals surface area contributed by atoms with Gasteiger partial charge in [-0.05, 0) is 30.9 Å². The Morgan fingerprint density at radius 2 is 2.00 bits per heavy atom. The van der Waals surface area contributed by atoms with Gasteiger partial charge in [0.25, 0.3) is 0 Å². The lowest BCUT2D eigenvalue weighted by Gasteiger charge is -2.63. The highest BCUT2D eigenvalue weighted by Gasteiger charge is 2.56. The fourth-order valence-corrected chi connectivity index (χ4v) is 5.69. The molecule has 6 heteroatoms. The Labute approximate surface area is 155 Å². The van der Waals surface area contributed by atoms with Crippen LogP contribution in [0.3, 0.4) is 0 Å². The van der Waals surface area contributed by atoms with Crippen LogP contribution in [0.15, 0.2) is 24.5 Å². The number of hydrogen-bond acceptors (Lipinski definition) is 6. The van der Waals surface area contributed by atoms with Crippen molar-refractivity contribution in [3.63, 3.8) is 0 Å². The maximum absolute atomic E-state index is 10.3. The first-order valence-corrected chi connectivity index (χ1v) is 10.1. The van der Waals surface area contributed by atoms with E-state index in [2.05, 4.69) is 25.8 Å². The van der Waals surface area contributed by atoms with Crippen LogP contribution in [0.1, 0.15) is 24.8 Å². The molecule has 4 fully saturated rings. The van der Waals surface area contributed by atoms with Crippen molar-refractivity contribution < 1.29 is 9.84 Å². The number of β-amino-alcohol motifs (C(OH)–C–C–N with tert-alkyl or cyclic N) is 1. The standard InChI is InChI=1S/C20H30N4O2/c25-19-8-18-11-22(10-16-2-1-5-21-9-16)13-20(24(18)12-19)14-23(15-20)17-3-6-26-7-4-17/h1-2,5,9,17-19,25H,3-4,6-8,10-15H2/t18-,19-/m1/s1. The molecule has 142 valence electrons. The van der Waals surface area contributed by atoms with E-state index < -0.39 is 0 Å². The second-order valence-electron chi connectivity index (χ2n) is 8.70. The third-order valence-corrected chi connectivity index (χ3v) is 6.82. The summed E-state index contributed by atoms with van der Waals surface area (Å²) in [5.74, 6) is 0. The zero-order valence-electron chi connectivity index (χ0n) is 15.5. The van der Waals surface area contributed by atoms with Crippen LogP contribution in [-0.2, 0) is 11.3 Å². The zero-order valence-corrected chi connectivity index (χ0v) is 15.5. The van der Waals surface area contributed by atoms with Gasteiger partial charge in [-0.25, -0.2) is 0 Å². The number of hydrogen-bond donors (Lipinski definition) is 1. The zero-order chi connectivity index (χ0) is 17.6. The van der Waals surface area contributed by atoms with E-state index in [1.165, 1.54) is 18.4 Å². The van der Waals surface area contributed by atoms with Gasteiger partial charge >= 0.3 is 0 Å². The third-order valence-electron chi connectivity index (χ3n) is 6.82. The van der Waals surface area contributed by atoms with Gasteiger partial charge in [0.1, 0.15) is 0 Å². The summed E-state index contributed by atoms with van der Waals surface area (Å²) in [6, 6.07) is 5.38. The van der Waals surface area contributed by atoms with Gasteiger partial charge in [-0.15, -0.1) is 0 Å². The minimum atomic E-state index is -0.160. The fraction of sp³-hybridized carbons (Fsp3) is 0.750. The maximum atomic E-state index is 10.3. The Kier molecular flexibility index (Phi) is 4.49. The predicted molar refractivity (Wildman–Crippen MR) is 98.8 cm³/mol. The van der Waals surface area contributed by atoms with Crippen molar-refractivity contribution >= 4 is 0 Å². The Morgan fingerprint density at radius 3 is 2.77 bits per heavy atom.